The molecule has 1 saturated heterocycles. The van der Waals surface area contributed by atoms with Gasteiger partial charge in [0.05, 0.1) is 20.5 Å². The van der Waals surface area contributed by atoms with Crippen LogP contribution in [0.4, 0.5) is 0 Å². The maximum atomic E-state index is 12.8. The molecule has 1 heterocycles. The molecule has 27 heavy (non-hydrogen) atoms. The van der Waals surface area contributed by atoms with Gasteiger partial charge in [-0.2, -0.15) is 4.31 Å². The third-order valence-electron chi connectivity index (χ3n) is 4.39. The van der Waals surface area contributed by atoms with Crippen molar-refractivity contribution in [2.45, 2.75) is 9.79 Å². The summed E-state index contributed by atoms with van der Waals surface area (Å²) >= 11 is 13.3. The van der Waals surface area contributed by atoms with E-state index < -0.39 is 10.0 Å². The Labute approximate surface area is 173 Å². The molecular formula is C18H18Cl2N2O3S2. The summed E-state index contributed by atoms with van der Waals surface area (Å²) < 4.78 is 27.0. The largest absolute Gasteiger partial charge is 0.336 e. The Bertz CT molecular complexity index is 959. The Morgan fingerprint density at radius 2 is 1.67 bits per heavy atom. The van der Waals surface area contributed by atoms with Crippen LogP contribution in [0.15, 0.2) is 52.3 Å². The van der Waals surface area contributed by atoms with E-state index in [9.17, 15) is 13.2 Å². The lowest BCUT2D eigenvalue weighted by atomic mass is 10.2. The summed E-state index contributed by atoms with van der Waals surface area (Å²) in [6.07, 6.45) is 1.92. The molecule has 0 spiro atoms. The fraction of sp³-hybridized carbons (Fsp3) is 0.278. The zero-order valence-electron chi connectivity index (χ0n) is 14.6. The van der Waals surface area contributed by atoms with Gasteiger partial charge in [-0.1, -0.05) is 35.3 Å². The van der Waals surface area contributed by atoms with E-state index in [2.05, 4.69) is 0 Å². The Morgan fingerprint density at radius 1 is 1.00 bits per heavy atom. The maximum absolute atomic E-state index is 12.8. The molecule has 0 aliphatic carbocycles. The number of carbonyl (C=O) groups excluding carboxylic acids is 1. The Kier molecular flexibility index (Phi) is 6.38. The van der Waals surface area contributed by atoms with Crippen molar-refractivity contribution < 1.29 is 13.2 Å². The van der Waals surface area contributed by atoms with Crippen molar-refractivity contribution in [3.63, 3.8) is 0 Å². The summed E-state index contributed by atoms with van der Waals surface area (Å²) in [6.45, 7) is 1.13. The minimum atomic E-state index is -3.68. The molecule has 0 saturated carbocycles. The molecule has 0 aromatic heterocycles. The average Bonchev–Trinajstić information content (AvgIpc) is 2.69. The highest BCUT2D eigenvalue weighted by Gasteiger charge is 2.31. The first kappa shape index (κ1) is 20.5. The fourth-order valence-corrected chi connectivity index (χ4v) is 5.31. The van der Waals surface area contributed by atoms with Gasteiger partial charge in [0.1, 0.15) is 0 Å². The minimum absolute atomic E-state index is 0.0773. The van der Waals surface area contributed by atoms with E-state index in [4.69, 9.17) is 23.2 Å². The smallest absolute Gasteiger partial charge is 0.255 e. The van der Waals surface area contributed by atoms with Crippen LogP contribution in [0.25, 0.3) is 0 Å². The second kappa shape index (κ2) is 8.41. The van der Waals surface area contributed by atoms with E-state index in [0.29, 0.717) is 23.7 Å². The van der Waals surface area contributed by atoms with Gasteiger partial charge in [0, 0.05) is 31.1 Å². The highest BCUT2D eigenvalue weighted by atomic mass is 35.5. The van der Waals surface area contributed by atoms with E-state index in [1.165, 1.54) is 34.3 Å². The van der Waals surface area contributed by atoms with Crippen LogP contribution in [0, 0.1) is 0 Å². The van der Waals surface area contributed by atoms with Gasteiger partial charge in [-0.25, -0.2) is 8.42 Å². The van der Waals surface area contributed by atoms with Gasteiger partial charge >= 0.3 is 0 Å². The molecule has 9 heteroatoms. The Hall–Kier alpha value is -1.25. The van der Waals surface area contributed by atoms with E-state index in [1.807, 2.05) is 24.5 Å². The molecule has 3 rings (SSSR count). The van der Waals surface area contributed by atoms with Gasteiger partial charge in [0.25, 0.3) is 5.91 Å². The SMILES string of the molecule is CSc1ccccc1C(=O)N1CCN(S(=O)(=O)c2ccc(Cl)c(Cl)c2)CC1. The van der Waals surface area contributed by atoms with Crippen LogP contribution in [0.5, 0.6) is 0 Å². The molecule has 144 valence electrons. The van der Waals surface area contributed by atoms with Gasteiger partial charge in [0.15, 0.2) is 0 Å². The number of thioether (sulfide) groups is 1. The molecule has 0 atom stereocenters. The number of sulfonamides is 1. The van der Waals surface area contributed by atoms with Crippen LogP contribution in [0.1, 0.15) is 10.4 Å². The first-order valence-electron chi connectivity index (χ1n) is 8.22. The Balaban J connectivity index is 1.73. The number of halogens is 2. The summed E-state index contributed by atoms with van der Waals surface area (Å²) in [5, 5.41) is 0.499. The summed E-state index contributed by atoms with van der Waals surface area (Å²) in [6, 6.07) is 11.7. The first-order chi connectivity index (χ1) is 12.8. The summed E-state index contributed by atoms with van der Waals surface area (Å²) in [4.78, 5) is 15.5. The summed E-state index contributed by atoms with van der Waals surface area (Å²) in [7, 11) is -3.68. The second-order valence-corrected chi connectivity index (χ2v) is 9.57. The molecule has 0 N–H and O–H groups in total. The van der Waals surface area contributed by atoms with Crippen molar-refractivity contribution in [3.05, 3.63) is 58.1 Å². The monoisotopic (exact) mass is 444 g/mol. The van der Waals surface area contributed by atoms with Crippen LogP contribution in [0.2, 0.25) is 10.0 Å². The van der Waals surface area contributed by atoms with E-state index >= 15 is 0 Å². The lowest BCUT2D eigenvalue weighted by Gasteiger charge is -2.34. The molecule has 1 aliphatic heterocycles. The van der Waals surface area contributed by atoms with Crippen molar-refractivity contribution in [2.24, 2.45) is 0 Å². The number of hydrogen-bond acceptors (Lipinski definition) is 4. The van der Waals surface area contributed by atoms with Crippen LogP contribution in [0.3, 0.4) is 0 Å². The number of benzene rings is 2. The number of rotatable bonds is 4. The van der Waals surface area contributed by atoms with Gasteiger partial charge in [-0.05, 0) is 36.6 Å². The van der Waals surface area contributed by atoms with Gasteiger partial charge < -0.3 is 4.90 Å². The fourth-order valence-electron chi connectivity index (χ4n) is 2.91. The zero-order valence-corrected chi connectivity index (χ0v) is 17.7. The van der Waals surface area contributed by atoms with Crippen molar-refractivity contribution in [1.82, 2.24) is 9.21 Å². The quantitative estimate of drug-likeness (QED) is 0.671. The van der Waals surface area contributed by atoms with Crippen molar-refractivity contribution in [3.8, 4) is 0 Å². The first-order valence-corrected chi connectivity index (χ1v) is 11.6. The topological polar surface area (TPSA) is 57.7 Å². The third-order valence-corrected chi connectivity index (χ3v) is 7.82. The molecule has 0 radical (unpaired) electrons. The second-order valence-electron chi connectivity index (χ2n) is 5.97. The number of nitrogens with zero attached hydrogens (tertiary/aromatic N) is 2. The van der Waals surface area contributed by atoms with Gasteiger partial charge in [-0.3, -0.25) is 4.79 Å². The molecule has 0 bridgehead atoms. The third kappa shape index (κ3) is 4.27. The molecule has 2 aromatic carbocycles. The molecule has 2 aromatic rings. The number of piperazine rings is 1. The summed E-state index contributed by atoms with van der Waals surface area (Å²) in [5.74, 6) is -0.0773. The highest BCUT2D eigenvalue weighted by Crippen LogP contribution is 2.27. The van der Waals surface area contributed by atoms with Crippen LogP contribution < -0.4 is 0 Å². The minimum Gasteiger partial charge on any atom is -0.336 e. The molecule has 1 amide bonds. The predicted molar refractivity (Wildman–Crippen MR) is 109 cm³/mol. The predicted octanol–water partition coefficient (Wildman–Crippen LogP) is 3.86. The lowest BCUT2D eigenvalue weighted by Crippen LogP contribution is -2.50. The zero-order chi connectivity index (χ0) is 19.6. The Morgan fingerprint density at radius 3 is 2.30 bits per heavy atom. The lowest BCUT2D eigenvalue weighted by molar-refractivity contribution is 0.0694. The standard InChI is InChI=1S/C18H18Cl2N2O3S2/c1-26-17-5-3-2-4-14(17)18(23)21-8-10-22(11-9-21)27(24,25)13-6-7-15(19)16(20)12-13/h2-7,12H,8-11H2,1H3. The van der Waals surface area contributed by atoms with Crippen molar-refractivity contribution >= 4 is 50.9 Å². The van der Waals surface area contributed by atoms with E-state index in [1.54, 1.807) is 11.0 Å². The van der Waals surface area contributed by atoms with Crippen LogP contribution in [-0.2, 0) is 10.0 Å². The van der Waals surface area contributed by atoms with E-state index in [-0.39, 0.29) is 28.9 Å². The molecule has 1 fully saturated rings. The highest BCUT2D eigenvalue weighted by molar-refractivity contribution is 7.98. The molecule has 5 nitrogen and oxygen atoms in total. The van der Waals surface area contributed by atoms with E-state index in [0.717, 1.165) is 4.90 Å². The van der Waals surface area contributed by atoms with Crippen LogP contribution >= 0.6 is 35.0 Å². The number of hydrogen-bond donors (Lipinski definition) is 0. The van der Waals surface area contributed by atoms with Crippen molar-refractivity contribution in [1.29, 1.82) is 0 Å². The number of amides is 1. The molecule has 1 aliphatic rings. The normalized spacial score (nSPS) is 15.7. The average molecular weight is 445 g/mol. The van der Waals surface area contributed by atoms with Crippen LogP contribution in [-0.4, -0.2) is 56.0 Å². The maximum Gasteiger partial charge on any atom is 0.255 e. The molecular weight excluding hydrogens is 427 g/mol. The van der Waals surface area contributed by atoms with Gasteiger partial charge in [-0.15, -0.1) is 11.8 Å². The van der Waals surface area contributed by atoms with Gasteiger partial charge in [0.2, 0.25) is 10.0 Å². The van der Waals surface area contributed by atoms with Crippen molar-refractivity contribution in [2.75, 3.05) is 32.4 Å². The number of carbonyl (C=O) groups is 1. The molecule has 0 unspecified atom stereocenters. The summed E-state index contributed by atoms with van der Waals surface area (Å²) in [5.41, 5.74) is 0.644.